The molecule has 7 heteroatoms. The van der Waals surface area contributed by atoms with Crippen LogP contribution in [0.1, 0.15) is 0 Å². The molecule has 7 nitrogen and oxygen atoms in total. The van der Waals surface area contributed by atoms with Crippen LogP contribution in [0.15, 0.2) is 18.2 Å². The van der Waals surface area contributed by atoms with Crippen LogP contribution in [0, 0.1) is 0 Å². The van der Waals surface area contributed by atoms with Gasteiger partial charge in [-0.05, 0) is 0 Å². The lowest BCUT2D eigenvalue weighted by atomic mass is 10.3. The second-order valence-corrected chi connectivity index (χ2v) is 4.03. The third kappa shape index (κ3) is 5.75. The highest BCUT2D eigenvalue weighted by molar-refractivity contribution is 5.50. The summed E-state index contributed by atoms with van der Waals surface area (Å²) in [5.74, 6) is 0.752. The van der Waals surface area contributed by atoms with E-state index < -0.39 is 25.4 Å². The Balaban J connectivity index is 2.60. The van der Waals surface area contributed by atoms with Crippen LogP contribution in [-0.2, 0) is 0 Å². The number of anilines is 1. The predicted octanol–water partition coefficient (Wildman–Crippen LogP) is -1.27. The standard InChI is InChI=1S/C12H19NO6/c13-8-1-11(18-6-9(16)4-14)3-12(2-8)19-7-10(17)5-15/h1-3,9-10,14-17H,4-7,13H2. The van der Waals surface area contributed by atoms with E-state index in [2.05, 4.69) is 0 Å². The molecule has 0 saturated carbocycles. The quantitative estimate of drug-likeness (QED) is 0.374. The summed E-state index contributed by atoms with van der Waals surface area (Å²) in [7, 11) is 0. The van der Waals surface area contributed by atoms with Gasteiger partial charge in [0.05, 0.1) is 13.2 Å². The minimum absolute atomic E-state index is 0.0708. The molecule has 0 radical (unpaired) electrons. The Labute approximate surface area is 110 Å². The first kappa shape index (κ1) is 15.5. The summed E-state index contributed by atoms with van der Waals surface area (Å²) in [5, 5.41) is 35.7. The van der Waals surface area contributed by atoms with Gasteiger partial charge in [0.2, 0.25) is 0 Å². The molecule has 1 aromatic carbocycles. The van der Waals surface area contributed by atoms with E-state index in [0.29, 0.717) is 17.2 Å². The first-order chi connectivity index (χ1) is 9.05. The number of rotatable bonds is 8. The molecule has 1 rings (SSSR count). The van der Waals surface area contributed by atoms with Crippen LogP contribution in [0.5, 0.6) is 11.5 Å². The first-order valence-electron chi connectivity index (χ1n) is 5.79. The van der Waals surface area contributed by atoms with E-state index in [-0.39, 0.29) is 13.2 Å². The van der Waals surface area contributed by atoms with Gasteiger partial charge in [-0.3, -0.25) is 0 Å². The fraction of sp³-hybridized carbons (Fsp3) is 0.500. The van der Waals surface area contributed by atoms with Crippen LogP contribution in [0.3, 0.4) is 0 Å². The molecule has 0 aliphatic carbocycles. The Kier molecular flexibility index (Phi) is 6.37. The molecule has 0 heterocycles. The van der Waals surface area contributed by atoms with Crippen molar-refractivity contribution in [1.82, 2.24) is 0 Å². The van der Waals surface area contributed by atoms with E-state index in [1.807, 2.05) is 0 Å². The molecule has 0 bridgehead atoms. The highest BCUT2D eigenvalue weighted by atomic mass is 16.5. The summed E-state index contributed by atoms with van der Waals surface area (Å²) in [5.41, 5.74) is 6.05. The van der Waals surface area contributed by atoms with Gasteiger partial charge in [0.25, 0.3) is 0 Å². The number of hydrogen-bond donors (Lipinski definition) is 5. The van der Waals surface area contributed by atoms with E-state index in [9.17, 15) is 0 Å². The summed E-state index contributed by atoms with van der Waals surface area (Å²) in [6, 6.07) is 4.61. The summed E-state index contributed by atoms with van der Waals surface area (Å²) in [4.78, 5) is 0. The molecule has 0 spiro atoms. The van der Waals surface area contributed by atoms with Gasteiger partial charge in [0, 0.05) is 23.9 Å². The summed E-state index contributed by atoms with van der Waals surface area (Å²) >= 11 is 0. The lowest BCUT2D eigenvalue weighted by Crippen LogP contribution is -2.22. The second-order valence-electron chi connectivity index (χ2n) is 4.03. The van der Waals surface area contributed by atoms with Gasteiger partial charge < -0.3 is 35.6 Å². The third-order valence-electron chi connectivity index (χ3n) is 2.21. The van der Waals surface area contributed by atoms with Crippen molar-refractivity contribution in [3.63, 3.8) is 0 Å². The van der Waals surface area contributed by atoms with Crippen LogP contribution in [0.4, 0.5) is 5.69 Å². The number of hydrogen-bond acceptors (Lipinski definition) is 7. The number of nitrogens with two attached hydrogens (primary N) is 1. The molecule has 6 N–H and O–H groups in total. The SMILES string of the molecule is Nc1cc(OCC(O)CO)cc(OCC(O)CO)c1. The fourth-order valence-corrected chi connectivity index (χ4v) is 1.25. The molecule has 1 aromatic rings. The van der Waals surface area contributed by atoms with Crippen LogP contribution in [-0.4, -0.2) is 59.1 Å². The Bertz CT molecular complexity index is 354. The maximum absolute atomic E-state index is 9.17. The van der Waals surface area contributed by atoms with Crippen molar-refractivity contribution in [3.8, 4) is 11.5 Å². The number of aliphatic hydroxyl groups is 4. The Morgan fingerprint density at radius 3 is 1.68 bits per heavy atom. The summed E-state index contributed by atoms with van der Waals surface area (Å²) in [6.45, 7) is -0.931. The largest absolute Gasteiger partial charge is 0.491 e. The van der Waals surface area contributed by atoms with Gasteiger partial charge in [-0.1, -0.05) is 0 Å². The van der Waals surface area contributed by atoms with Crippen molar-refractivity contribution in [2.75, 3.05) is 32.2 Å². The fourth-order valence-electron chi connectivity index (χ4n) is 1.25. The van der Waals surface area contributed by atoms with Crippen molar-refractivity contribution in [2.45, 2.75) is 12.2 Å². The maximum atomic E-state index is 9.17. The molecule has 0 fully saturated rings. The number of aliphatic hydroxyl groups excluding tert-OH is 4. The number of benzene rings is 1. The smallest absolute Gasteiger partial charge is 0.125 e. The summed E-state index contributed by atoms with van der Waals surface area (Å²) in [6.07, 6.45) is -1.94. The van der Waals surface area contributed by atoms with Gasteiger partial charge in [-0.25, -0.2) is 0 Å². The zero-order chi connectivity index (χ0) is 14.3. The molecule has 0 aliphatic heterocycles. The zero-order valence-electron chi connectivity index (χ0n) is 10.4. The van der Waals surface area contributed by atoms with E-state index in [1.54, 1.807) is 12.1 Å². The van der Waals surface area contributed by atoms with Crippen LogP contribution in [0.2, 0.25) is 0 Å². The molecule has 19 heavy (non-hydrogen) atoms. The molecule has 108 valence electrons. The lowest BCUT2D eigenvalue weighted by Gasteiger charge is -2.13. The summed E-state index contributed by atoms with van der Waals surface area (Å²) < 4.78 is 10.5. The maximum Gasteiger partial charge on any atom is 0.125 e. The Morgan fingerprint density at radius 1 is 0.895 bits per heavy atom. The normalized spacial score (nSPS) is 13.9. The monoisotopic (exact) mass is 273 g/mol. The van der Waals surface area contributed by atoms with Gasteiger partial charge in [0.1, 0.15) is 36.9 Å². The van der Waals surface area contributed by atoms with Crippen molar-refractivity contribution < 1.29 is 29.9 Å². The van der Waals surface area contributed by atoms with Crippen molar-refractivity contribution in [1.29, 1.82) is 0 Å². The highest BCUT2D eigenvalue weighted by Crippen LogP contribution is 2.24. The molecule has 0 amide bonds. The molecule has 0 aliphatic rings. The Hall–Kier alpha value is -1.54. The van der Waals surface area contributed by atoms with Crippen molar-refractivity contribution in [3.05, 3.63) is 18.2 Å². The first-order valence-corrected chi connectivity index (χ1v) is 5.79. The third-order valence-corrected chi connectivity index (χ3v) is 2.21. The highest BCUT2D eigenvalue weighted by Gasteiger charge is 2.07. The number of nitrogen functional groups attached to an aromatic ring is 1. The van der Waals surface area contributed by atoms with E-state index in [4.69, 9.17) is 35.6 Å². The van der Waals surface area contributed by atoms with Crippen molar-refractivity contribution in [2.24, 2.45) is 0 Å². The molecular formula is C12H19NO6. The second kappa shape index (κ2) is 7.80. The molecule has 2 atom stereocenters. The molecule has 0 saturated heterocycles. The van der Waals surface area contributed by atoms with Crippen LogP contribution in [0.25, 0.3) is 0 Å². The average molecular weight is 273 g/mol. The van der Waals surface area contributed by atoms with E-state index in [0.717, 1.165) is 0 Å². The topological polar surface area (TPSA) is 125 Å². The average Bonchev–Trinajstić information content (AvgIpc) is 2.41. The minimum atomic E-state index is -0.970. The van der Waals surface area contributed by atoms with E-state index >= 15 is 0 Å². The number of ether oxygens (including phenoxy) is 2. The molecule has 0 aromatic heterocycles. The van der Waals surface area contributed by atoms with E-state index in [1.165, 1.54) is 6.07 Å². The van der Waals surface area contributed by atoms with Crippen LogP contribution >= 0.6 is 0 Å². The van der Waals surface area contributed by atoms with Gasteiger partial charge in [-0.2, -0.15) is 0 Å². The Morgan fingerprint density at radius 2 is 1.32 bits per heavy atom. The van der Waals surface area contributed by atoms with Crippen molar-refractivity contribution >= 4 is 5.69 Å². The predicted molar refractivity (Wildman–Crippen MR) is 68.0 cm³/mol. The van der Waals surface area contributed by atoms with Gasteiger partial charge in [0.15, 0.2) is 0 Å². The van der Waals surface area contributed by atoms with Gasteiger partial charge >= 0.3 is 0 Å². The molecular weight excluding hydrogens is 254 g/mol. The molecule has 2 unspecified atom stereocenters. The van der Waals surface area contributed by atoms with Gasteiger partial charge in [-0.15, -0.1) is 0 Å². The zero-order valence-corrected chi connectivity index (χ0v) is 10.4. The van der Waals surface area contributed by atoms with Crippen LogP contribution < -0.4 is 15.2 Å². The minimum Gasteiger partial charge on any atom is -0.491 e. The lowest BCUT2D eigenvalue weighted by molar-refractivity contribution is 0.0513.